The number of carboxylic acid groups (broad SMARTS) is 1. The Bertz CT molecular complexity index is 553. The van der Waals surface area contributed by atoms with E-state index in [9.17, 15) is 4.79 Å². The van der Waals surface area contributed by atoms with Gasteiger partial charge in [0.15, 0.2) is 6.04 Å². The van der Waals surface area contributed by atoms with Gasteiger partial charge in [-0.3, -0.25) is 4.79 Å². The van der Waals surface area contributed by atoms with Crippen LogP contribution in [-0.4, -0.2) is 23.1 Å². The average Bonchev–Trinajstić information content (AvgIpc) is 2.80. The molecule has 4 nitrogen and oxygen atoms in total. The van der Waals surface area contributed by atoms with Gasteiger partial charge in [-0.15, -0.1) is 11.3 Å². The van der Waals surface area contributed by atoms with Gasteiger partial charge in [0, 0.05) is 15.4 Å². The summed E-state index contributed by atoms with van der Waals surface area (Å²) in [4.78, 5) is 15.4. The van der Waals surface area contributed by atoms with Gasteiger partial charge in [0.05, 0.1) is 5.69 Å². The molecular weight excluding hydrogens is 316 g/mol. The zero-order chi connectivity index (χ0) is 13.1. The molecule has 1 heterocycles. The molecule has 1 atom stereocenters. The predicted molar refractivity (Wildman–Crippen MR) is 74.7 cm³/mol. The number of nitrogens with zero attached hydrogens (tertiary/aromatic N) is 1. The highest BCUT2D eigenvalue weighted by molar-refractivity contribution is 9.10. The van der Waals surface area contributed by atoms with Crippen LogP contribution in [0.15, 0.2) is 34.1 Å². The molecule has 2 N–H and O–H groups in total. The Morgan fingerprint density at radius 3 is 2.67 bits per heavy atom. The molecule has 0 aliphatic carbocycles. The first-order valence-electron chi connectivity index (χ1n) is 5.23. The monoisotopic (exact) mass is 326 g/mol. The summed E-state index contributed by atoms with van der Waals surface area (Å²) < 4.78 is 1.00. The molecule has 0 aliphatic rings. The van der Waals surface area contributed by atoms with Gasteiger partial charge in [-0.1, -0.05) is 28.1 Å². The van der Waals surface area contributed by atoms with Crippen LogP contribution < -0.4 is 5.32 Å². The quantitative estimate of drug-likeness (QED) is 0.906. The molecule has 0 amide bonds. The van der Waals surface area contributed by atoms with E-state index < -0.39 is 12.0 Å². The van der Waals surface area contributed by atoms with Gasteiger partial charge in [-0.05, 0) is 19.2 Å². The van der Waals surface area contributed by atoms with Crippen LogP contribution in [0.4, 0.5) is 0 Å². The van der Waals surface area contributed by atoms with E-state index in [2.05, 4.69) is 26.2 Å². The van der Waals surface area contributed by atoms with Crippen LogP contribution in [0.5, 0.6) is 0 Å². The van der Waals surface area contributed by atoms with Crippen molar-refractivity contribution in [2.24, 2.45) is 0 Å². The molecule has 94 valence electrons. The van der Waals surface area contributed by atoms with Crippen LogP contribution in [0, 0.1) is 0 Å². The van der Waals surface area contributed by atoms with E-state index in [1.807, 2.05) is 29.6 Å². The van der Waals surface area contributed by atoms with Crippen molar-refractivity contribution in [1.82, 2.24) is 10.3 Å². The van der Waals surface area contributed by atoms with Crippen molar-refractivity contribution < 1.29 is 9.90 Å². The summed E-state index contributed by atoms with van der Waals surface area (Å²) in [7, 11) is 1.61. The van der Waals surface area contributed by atoms with Crippen LogP contribution in [0.25, 0.3) is 11.3 Å². The number of halogens is 1. The summed E-state index contributed by atoms with van der Waals surface area (Å²) in [5.74, 6) is -0.922. The molecular formula is C12H11BrN2O2S. The molecule has 0 bridgehead atoms. The summed E-state index contributed by atoms with van der Waals surface area (Å²) in [6.45, 7) is 0. The molecule has 0 spiro atoms. The van der Waals surface area contributed by atoms with Crippen molar-refractivity contribution in [3.05, 3.63) is 39.1 Å². The number of benzene rings is 1. The average molecular weight is 327 g/mol. The van der Waals surface area contributed by atoms with Crippen molar-refractivity contribution in [1.29, 1.82) is 0 Å². The van der Waals surface area contributed by atoms with Crippen LogP contribution in [-0.2, 0) is 4.79 Å². The standard InChI is InChI=1S/C12H11BrN2O2S/c1-14-10(12(16)17)11-15-9(6-18-11)7-2-4-8(13)5-3-7/h2-6,10,14H,1H3,(H,16,17). The second-order valence-corrected chi connectivity index (χ2v) is 5.44. The number of hydrogen-bond donors (Lipinski definition) is 2. The van der Waals surface area contributed by atoms with Crippen LogP contribution in [0.3, 0.4) is 0 Å². The van der Waals surface area contributed by atoms with E-state index in [1.54, 1.807) is 7.05 Å². The molecule has 2 rings (SSSR count). The zero-order valence-corrected chi connectivity index (χ0v) is 12.0. The number of hydrogen-bond acceptors (Lipinski definition) is 4. The van der Waals surface area contributed by atoms with Crippen molar-refractivity contribution >= 4 is 33.2 Å². The largest absolute Gasteiger partial charge is 0.480 e. The lowest BCUT2D eigenvalue weighted by Crippen LogP contribution is -2.24. The maximum Gasteiger partial charge on any atom is 0.327 e. The van der Waals surface area contributed by atoms with E-state index in [0.29, 0.717) is 5.01 Å². The third kappa shape index (κ3) is 2.77. The SMILES string of the molecule is CNC(C(=O)O)c1nc(-c2ccc(Br)cc2)cs1. The summed E-state index contributed by atoms with van der Waals surface area (Å²) in [6, 6.07) is 7.00. The molecule has 0 radical (unpaired) electrons. The molecule has 18 heavy (non-hydrogen) atoms. The lowest BCUT2D eigenvalue weighted by Gasteiger charge is -2.06. The molecule has 1 aromatic carbocycles. The highest BCUT2D eigenvalue weighted by Gasteiger charge is 2.21. The summed E-state index contributed by atoms with van der Waals surface area (Å²) >= 11 is 4.71. The fraction of sp³-hybridized carbons (Fsp3) is 0.167. The van der Waals surface area contributed by atoms with Gasteiger partial charge in [0.1, 0.15) is 5.01 Å². The number of aliphatic carboxylic acids is 1. The summed E-state index contributed by atoms with van der Waals surface area (Å²) in [6.07, 6.45) is 0. The third-order valence-corrected chi connectivity index (χ3v) is 3.88. The molecule has 0 fully saturated rings. The predicted octanol–water partition coefficient (Wildman–Crippen LogP) is 2.92. The highest BCUT2D eigenvalue weighted by atomic mass is 79.9. The first-order valence-corrected chi connectivity index (χ1v) is 6.90. The van der Waals surface area contributed by atoms with Crippen molar-refractivity contribution in [2.75, 3.05) is 7.05 Å². The van der Waals surface area contributed by atoms with E-state index in [-0.39, 0.29) is 0 Å². The molecule has 1 unspecified atom stereocenters. The second-order valence-electron chi connectivity index (χ2n) is 3.64. The number of carbonyl (C=O) groups is 1. The van der Waals surface area contributed by atoms with Crippen molar-refractivity contribution in [2.45, 2.75) is 6.04 Å². The maximum absolute atomic E-state index is 11.0. The molecule has 0 saturated heterocycles. The smallest absolute Gasteiger partial charge is 0.327 e. The van der Waals surface area contributed by atoms with Crippen molar-refractivity contribution in [3.8, 4) is 11.3 Å². The maximum atomic E-state index is 11.0. The minimum Gasteiger partial charge on any atom is -0.480 e. The molecule has 2 aromatic rings. The fourth-order valence-electron chi connectivity index (χ4n) is 1.53. The van der Waals surface area contributed by atoms with Gasteiger partial charge in [0.25, 0.3) is 0 Å². The first-order chi connectivity index (χ1) is 8.61. The van der Waals surface area contributed by atoms with Gasteiger partial charge >= 0.3 is 5.97 Å². The van der Waals surface area contributed by atoms with Crippen LogP contribution in [0.1, 0.15) is 11.0 Å². The van der Waals surface area contributed by atoms with Crippen molar-refractivity contribution in [3.63, 3.8) is 0 Å². The van der Waals surface area contributed by atoms with E-state index >= 15 is 0 Å². The van der Waals surface area contributed by atoms with E-state index in [0.717, 1.165) is 15.7 Å². The third-order valence-electron chi connectivity index (χ3n) is 2.44. The molecule has 6 heteroatoms. The minimum absolute atomic E-state index is 0.558. The highest BCUT2D eigenvalue weighted by Crippen LogP contribution is 2.26. The van der Waals surface area contributed by atoms with E-state index in [4.69, 9.17) is 5.11 Å². The molecule has 0 aliphatic heterocycles. The normalized spacial score (nSPS) is 12.3. The minimum atomic E-state index is -0.922. The van der Waals surface area contributed by atoms with Gasteiger partial charge in [-0.2, -0.15) is 0 Å². The molecule has 0 saturated carbocycles. The summed E-state index contributed by atoms with van der Waals surface area (Å²) in [5, 5.41) is 14.2. The Hall–Kier alpha value is -1.24. The molecule has 1 aromatic heterocycles. The lowest BCUT2D eigenvalue weighted by molar-refractivity contribution is -0.139. The Labute approximate surface area is 117 Å². The number of thiazole rings is 1. The van der Waals surface area contributed by atoms with E-state index in [1.165, 1.54) is 11.3 Å². The topological polar surface area (TPSA) is 62.2 Å². The number of aromatic nitrogens is 1. The number of rotatable bonds is 4. The number of likely N-dealkylation sites (N-methyl/N-ethyl adjacent to an activating group) is 1. The Kier molecular flexibility index (Phi) is 4.11. The van der Waals surface area contributed by atoms with Gasteiger partial charge < -0.3 is 10.4 Å². The van der Waals surface area contributed by atoms with Gasteiger partial charge in [-0.25, -0.2) is 4.98 Å². The second kappa shape index (κ2) is 5.60. The van der Waals surface area contributed by atoms with Crippen LogP contribution >= 0.6 is 27.3 Å². The lowest BCUT2D eigenvalue weighted by atomic mass is 10.2. The summed E-state index contributed by atoms with van der Waals surface area (Å²) in [5.41, 5.74) is 1.77. The first kappa shape index (κ1) is 13.2. The zero-order valence-electron chi connectivity index (χ0n) is 9.55. The number of nitrogens with one attached hydrogen (secondary N) is 1. The van der Waals surface area contributed by atoms with Gasteiger partial charge in [0.2, 0.25) is 0 Å². The number of carboxylic acids is 1. The Balaban J connectivity index is 2.30. The fourth-order valence-corrected chi connectivity index (χ4v) is 2.72. The van der Waals surface area contributed by atoms with Crippen LogP contribution in [0.2, 0.25) is 0 Å². The Morgan fingerprint density at radius 2 is 2.11 bits per heavy atom. The Morgan fingerprint density at radius 1 is 1.44 bits per heavy atom.